The standard InChI is InChI=1S/C20H14N6O7/c27-19(23-21-11-13-1-5-15(6-2-13)25(29)30)17-9-10-18(33-17)20(28)24-22-12-14-3-7-16(8-4-14)26(31)32/h1-12H,(H,23,27)(H,24,28). The number of hydrogen-bond acceptors (Lipinski definition) is 9. The van der Waals surface area contributed by atoms with Gasteiger partial charge in [0.15, 0.2) is 11.5 Å². The van der Waals surface area contributed by atoms with Crippen LogP contribution in [0.4, 0.5) is 11.4 Å². The van der Waals surface area contributed by atoms with Gasteiger partial charge in [-0.05, 0) is 47.5 Å². The Balaban J connectivity index is 1.52. The van der Waals surface area contributed by atoms with Crippen LogP contribution in [-0.2, 0) is 0 Å². The molecule has 2 N–H and O–H groups in total. The Morgan fingerprint density at radius 2 is 1.06 bits per heavy atom. The molecular weight excluding hydrogens is 436 g/mol. The largest absolute Gasteiger partial charge is 0.446 e. The van der Waals surface area contributed by atoms with Crippen molar-refractivity contribution in [1.82, 2.24) is 10.9 Å². The van der Waals surface area contributed by atoms with Crippen LogP contribution >= 0.6 is 0 Å². The molecule has 13 heteroatoms. The van der Waals surface area contributed by atoms with Gasteiger partial charge < -0.3 is 4.42 Å². The Labute approximate surface area is 184 Å². The average molecular weight is 450 g/mol. The summed E-state index contributed by atoms with van der Waals surface area (Å²) in [6.07, 6.45) is 2.57. The molecule has 3 rings (SSSR count). The highest BCUT2D eigenvalue weighted by molar-refractivity contribution is 5.96. The third kappa shape index (κ3) is 6.14. The summed E-state index contributed by atoms with van der Waals surface area (Å²) in [5.41, 5.74) is 5.31. The van der Waals surface area contributed by atoms with Gasteiger partial charge in [-0.15, -0.1) is 0 Å². The normalized spacial score (nSPS) is 10.9. The molecule has 1 aromatic heterocycles. The van der Waals surface area contributed by atoms with E-state index in [0.29, 0.717) is 11.1 Å². The molecule has 0 aliphatic carbocycles. The van der Waals surface area contributed by atoms with Gasteiger partial charge in [-0.3, -0.25) is 29.8 Å². The molecule has 0 atom stereocenters. The van der Waals surface area contributed by atoms with E-state index in [0.717, 1.165) is 0 Å². The smallest absolute Gasteiger partial charge is 0.307 e. The SMILES string of the molecule is O=C(NN=Cc1ccc([N+](=O)[O-])cc1)c1ccc(C(=O)NN=Cc2ccc([N+](=O)[O-])cc2)o1. The first-order chi connectivity index (χ1) is 15.8. The summed E-state index contributed by atoms with van der Waals surface area (Å²) in [7, 11) is 0. The van der Waals surface area contributed by atoms with Crippen LogP contribution in [-0.4, -0.2) is 34.1 Å². The number of carbonyl (C=O) groups excluding carboxylic acids is 2. The van der Waals surface area contributed by atoms with E-state index in [1.165, 1.54) is 73.1 Å². The lowest BCUT2D eigenvalue weighted by molar-refractivity contribution is -0.385. The van der Waals surface area contributed by atoms with Crippen molar-refractivity contribution in [3.05, 3.63) is 104 Å². The van der Waals surface area contributed by atoms with E-state index in [1.54, 1.807) is 0 Å². The first-order valence-electron chi connectivity index (χ1n) is 9.09. The minimum Gasteiger partial charge on any atom is -0.446 e. The van der Waals surface area contributed by atoms with Crippen molar-refractivity contribution in [2.45, 2.75) is 0 Å². The number of benzene rings is 2. The van der Waals surface area contributed by atoms with Crippen LogP contribution in [0.2, 0.25) is 0 Å². The van der Waals surface area contributed by atoms with Crippen molar-refractivity contribution in [2.75, 3.05) is 0 Å². The number of hydrazone groups is 2. The molecule has 0 unspecified atom stereocenters. The van der Waals surface area contributed by atoms with Crippen molar-refractivity contribution in [2.24, 2.45) is 10.2 Å². The Morgan fingerprint density at radius 3 is 1.39 bits per heavy atom. The molecular formula is C20H14N6O7. The number of nitro benzene ring substituents is 2. The van der Waals surface area contributed by atoms with Gasteiger partial charge in [0.1, 0.15) is 0 Å². The lowest BCUT2D eigenvalue weighted by Crippen LogP contribution is -2.18. The Bertz CT molecular complexity index is 1150. The first-order valence-corrected chi connectivity index (χ1v) is 9.09. The second kappa shape index (κ2) is 10.2. The van der Waals surface area contributed by atoms with Crippen LogP contribution in [0.1, 0.15) is 32.2 Å². The van der Waals surface area contributed by atoms with Crippen molar-refractivity contribution >= 4 is 35.6 Å². The van der Waals surface area contributed by atoms with Crippen LogP contribution in [0.5, 0.6) is 0 Å². The van der Waals surface area contributed by atoms with Gasteiger partial charge in [0, 0.05) is 24.3 Å². The summed E-state index contributed by atoms with van der Waals surface area (Å²) in [6, 6.07) is 13.6. The molecule has 0 saturated carbocycles. The van der Waals surface area contributed by atoms with E-state index in [2.05, 4.69) is 21.1 Å². The zero-order chi connectivity index (χ0) is 23.8. The predicted molar refractivity (Wildman–Crippen MR) is 115 cm³/mol. The van der Waals surface area contributed by atoms with Crippen molar-refractivity contribution < 1.29 is 23.9 Å². The summed E-state index contributed by atoms with van der Waals surface area (Å²) in [4.78, 5) is 44.3. The molecule has 0 fully saturated rings. The quantitative estimate of drug-likeness (QED) is 0.300. The maximum absolute atomic E-state index is 12.1. The fourth-order valence-corrected chi connectivity index (χ4v) is 2.39. The molecule has 0 aliphatic heterocycles. The molecule has 2 amide bonds. The summed E-state index contributed by atoms with van der Waals surface area (Å²) >= 11 is 0. The van der Waals surface area contributed by atoms with Crippen LogP contribution in [0.3, 0.4) is 0 Å². The highest BCUT2D eigenvalue weighted by Gasteiger charge is 2.15. The lowest BCUT2D eigenvalue weighted by atomic mass is 10.2. The third-order valence-corrected chi connectivity index (χ3v) is 4.02. The Hall–Kier alpha value is -5.20. The van der Waals surface area contributed by atoms with E-state index in [9.17, 15) is 29.8 Å². The van der Waals surface area contributed by atoms with Gasteiger partial charge >= 0.3 is 11.8 Å². The van der Waals surface area contributed by atoms with E-state index >= 15 is 0 Å². The zero-order valence-electron chi connectivity index (χ0n) is 16.6. The number of nitro groups is 2. The van der Waals surface area contributed by atoms with E-state index in [1.807, 2.05) is 0 Å². The maximum atomic E-state index is 12.1. The van der Waals surface area contributed by atoms with Gasteiger partial charge in [0.2, 0.25) is 0 Å². The number of carbonyl (C=O) groups is 2. The van der Waals surface area contributed by atoms with Crippen molar-refractivity contribution in [3.63, 3.8) is 0 Å². The number of nitrogens with one attached hydrogen (secondary N) is 2. The first kappa shape index (κ1) is 22.5. The molecule has 3 aromatic rings. The molecule has 166 valence electrons. The van der Waals surface area contributed by atoms with Crippen LogP contribution in [0.25, 0.3) is 0 Å². The topological polar surface area (TPSA) is 182 Å². The molecule has 1 heterocycles. The number of non-ortho nitro benzene ring substituents is 2. The molecule has 0 radical (unpaired) electrons. The fourth-order valence-electron chi connectivity index (χ4n) is 2.39. The molecule has 33 heavy (non-hydrogen) atoms. The number of hydrogen-bond donors (Lipinski definition) is 2. The van der Waals surface area contributed by atoms with Crippen LogP contribution in [0.15, 0.2) is 75.3 Å². The third-order valence-electron chi connectivity index (χ3n) is 4.02. The number of rotatable bonds is 8. The van der Waals surface area contributed by atoms with E-state index < -0.39 is 21.7 Å². The number of nitrogens with zero attached hydrogens (tertiary/aromatic N) is 4. The van der Waals surface area contributed by atoms with Crippen LogP contribution in [0, 0.1) is 20.2 Å². The van der Waals surface area contributed by atoms with E-state index in [-0.39, 0.29) is 22.9 Å². The summed E-state index contributed by atoms with van der Waals surface area (Å²) in [5.74, 6) is -1.80. The predicted octanol–water partition coefficient (Wildman–Crippen LogP) is 2.62. The van der Waals surface area contributed by atoms with Crippen molar-refractivity contribution in [3.8, 4) is 0 Å². The zero-order valence-corrected chi connectivity index (χ0v) is 16.6. The minimum absolute atomic E-state index is 0.0744. The summed E-state index contributed by atoms with van der Waals surface area (Å²) in [5, 5.41) is 28.7. The molecule has 2 aromatic carbocycles. The fraction of sp³-hybridized carbons (Fsp3) is 0. The molecule has 0 saturated heterocycles. The molecule has 0 bridgehead atoms. The monoisotopic (exact) mass is 450 g/mol. The summed E-state index contributed by atoms with van der Waals surface area (Å²) < 4.78 is 5.18. The Kier molecular flexibility index (Phi) is 6.96. The van der Waals surface area contributed by atoms with Gasteiger partial charge in [0.05, 0.1) is 22.3 Å². The lowest BCUT2D eigenvalue weighted by Gasteiger charge is -1.98. The van der Waals surface area contributed by atoms with Crippen molar-refractivity contribution in [1.29, 1.82) is 0 Å². The minimum atomic E-state index is -0.721. The highest BCUT2D eigenvalue weighted by atomic mass is 16.6. The van der Waals surface area contributed by atoms with Gasteiger partial charge in [-0.1, -0.05) is 0 Å². The maximum Gasteiger partial charge on any atom is 0.307 e. The van der Waals surface area contributed by atoms with E-state index in [4.69, 9.17) is 4.42 Å². The van der Waals surface area contributed by atoms with Gasteiger partial charge in [0.25, 0.3) is 11.4 Å². The molecule has 0 spiro atoms. The molecule has 13 nitrogen and oxygen atoms in total. The highest BCUT2D eigenvalue weighted by Crippen LogP contribution is 2.12. The van der Waals surface area contributed by atoms with Gasteiger partial charge in [-0.25, -0.2) is 10.9 Å². The number of amides is 2. The molecule has 0 aliphatic rings. The van der Waals surface area contributed by atoms with Gasteiger partial charge in [-0.2, -0.15) is 10.2 Å². The van der Waals surface area contributed by atoms with Crippen LogP contribution < -0.4 is 10.9 Å². The number of furan rings is 1. The Morgan fingerprint density at radius 1 is 0.697 bits per heavy atom. The second-order valence-electron chi connectivity index (χ2n) is 6.26. The average Bonchev–Trinajstić information content (AvgIpc) is 3.30. The second-order valence-corrected chi connectivity index (χ2v) is 6.26. The summed E-state index contributed by atoms with van der Waals surface area (Å²) in [6.45, 7) is 0.